The molecule has 0 aliphatic carbocycles. The molecule has 128 valence electrons. The van der Waals surface area contributed by atoms with Gasteiger partial charge >= 0.3 is 0 Å². The van der Waals surface area contributed by atoms with E-state index in [-0.39, 0.29) is 17.9 Å². The minimum Gasteiger partial charge on any atom is -0.379 e. The van der Waals surface area contributed by atoms with Crippen molar-refractivity contribution in [2.75, 3.05) is 17.3 Å². The van der Waals surface area contributed by atoms with Crippen LogP contribution < -0.4 is 10.2 Å². The predicted octanol–water partition coefficient (Wildman–Crippen LogP) is 5.15. The number of fused-ring (bicyclic) bond motifs is 2. The number of rotatable bonds is 0. The molecule has 3 rings (SSSR count). The summed E-state index contributed by atoms with van der Waals surface area (Å²) in [5.74, 6) is -0.699. The number of anilines is 2. The summed E-state index contributed by atoms with van der Waals surface area (Å²) >= 11 is 0. The second kappa shape index (κ2) is 6.42. The highest BCUT2D eigenvalue weighted by Gasteiger charge is 2.28. The maximum Gasteiger partial charge on any atom is 0.131 e. The number of benzene rings is 2. The van der Waals surface area contributed by atoms with E-state index in [0.29, 0.717) is 12.1 Å². The van der Waals surface area contributed by atoms with Crippen LogP contribution in [0.2, 0.25) is 0 Å². The fourth-order valence-electron chi connectivity index (χ4n) is 3.60. The first-order chi connectivity index (χ1) is 11.4. The molecule has 0 fully saturated rings. The van der Waals surface area contributed by atoms with Crippen LogP contribution in [0.4, 0.5) is 20.2 Å². The Hall–Kier alpha value is -2.10. The van der Waals surface area contributed by atoms with Gasteiger partial charge in [-0.25, -0.2) is 8.78 Å². The normalized spacial score (nSPS) is 23.9. The van der Waals surface area contributed by atoms with Crippen LogP contribution in [-0.2, 0) is 6.54 Å². The molecule has 2 nitrogen and oxygen atoms in total. The zero-order chi connectivity index (χ0) is 17.4. The Morgan fingerprint density at radius 2 is 1.79 bits per heavy atom. The minimum absolute atomic E-state index is 0.0507. The van der Waals surface area contributed by atoms with Gasteiger partial charge in [0.1, 0.15) is 11.6 Å². The Labute approximate surface area is 142 Å². The molecule has 1 N–H and O–H groups in total. The molecule has 0 saturated carbocycles. The zero-order valence-electron chi connectivity index (χ0n) is 14.6. The van der Waals surface area contributed by atoms with Gasteiger partial charge in [0, 0.05) is 31.3 Å². The third-order valence-electron chi connectivity index (χ3n) is 5.59. The van der Waals surface area contributed by atoms with Gasteiger partial charge in [-0.15, -0.1) is 0 Å². The van der Waals surface area contributed by atoms with Crippen molar-refractivity contribution >= 4 is 11.4 Å². The van der Waals surface area contributed by atoms with E-state index in [0.717, 1.165) is 23.0 Å². The van der Waals surface area contributed by atoms with Crippen LogP contribution >= 0.6 is 0 Å². The second-order valence-electron chi connectivity index (χ2n) is 6.83. The first-order valence-corrected chi connectivity index (χ1v) is 8.43. The van der Waals surface area contributed by atoms with Gasteiger partial charge < -0.3 is 10.2 Å². The summed E-state index contributed by atoms with van der Waals surface area (Å²) in [5.41, 5.74) is 3.37. The van der Waals surface area contributed by atoms with Crippen LogP contribution in [0.3, 0.4) is 0 Å². The molecule has 0 aromatic heterocycles. The number of para-hydroxylation sites is 2. The Morgan fingerprint density at radius 3 is 2.54 bits per heavy atom. The number of halogens is 2. The fraction of sp³-hybridized carbons (Fsp3) is 0.400. The summed E-state index contributed by atoms with van der Waals surface area (Å²) in [6, 6.07) is 10.7. The van der Waals surface area contributed by atoms with Crippen molar-refractivity contribution in [2.45, 2.75) is 39.3 Å². The average Bonchev–Trinajstić information content (AvgIpc) is 2.57. The molecular weight excluding hydrogens is 306 g/mol. The van der Waals surface area contributed by atoms with Crippen molar-refractivity contribution in [1.82, 2.24) is 0 Å². The summed E-state index contributed by atoms with van der Waals surface area (Å²) in [7, 11) is 2.07. The van der Waals surface area contributed by atoms with E-state index in [9.17, 15) is 8.78 Å². The molecule has 2 aromatic carbocycles. The monoisotopic (exact) mass is 330 g/mol. The van der Waals surface area contributed by atoms with Gasteiger partial charge in [0.25, 0.3) is 0 Å². The lowest BCUT2D eigenvalue weighted by Crippen LogP contribution is -2.37. The minimum atomic E-state index is -0.510. The molecular formula is C20H24F2N2. The molecule has 4 heteroatoms. The van der Waals surface area contributed by atoms with Gasteiger partial charge in [0.15, 0.2) is 0 Å². The first-order valence-electron chi connectivity index (χ1n) is 8.43. The molecule has 0 saturated heterocycles. The molecule has 0 spiro atoms. The maximum atomic E-state index is 14.4. The number of nitrogens with zero attached hydrogens (tertiary/aromatic N) is 1. The highest BCUT2D eigenvalue weighted by Crippen LogP contribution is 2.37. The topological polar surface area (TPSA) is 15.3 Å². The van der Waals surface area contributed by atoms with Crippen molar-refractivity contribution in [3.05, 3.63) is 59.2 Å². The third-order valence-corrected chi connectivity index (χ3v) is 5.59. The number of hydrogen-bond acceptors (Lipinski definition) is 2. The standard InChI is InChI=1S/C20H24F2N2/c1-12-13(2)16-9-15(21)10-18(22)17(16)11-23-19-7-5-6-8-20(19)24(4)14(12)3/h5-10,12-14,23H,11H2,1-4H3. The molecule has 2 aromatic rings. The molecule has 3 atom stereocenters. The van der Waals surface area contributed by atoms with Crippen molar-refractivity contribution in [3.63, 3.8) is 0 Å². The summed E-state index contributed by atoms with van der Waals surface area (Å²) < 4.78 is 28.3. The lowest BCUT2D eigenvalue weighted by atomic mass is 9.81. The highest BCUT2D eigenvalue weighted by molar-refractivity contribution is 5.70. The second-order valence-corrected chi connectivity index (χ2v) is 6.83. The Kier molecular flexibility index (Phi) is 4.48. The van der Waals surface area contributed by atoms with E-state index < -0.39 is 11.6 Å². The van der Waals surface area contributed by atoms with Crippen molar-refractivity contribution in [2.24, 2.45) is 5.92 Å². The van der Waals surface area contributed by atoms with Crippen LogP contribution in [0.25, 0.3) is 0 Å². The highest BCUT2D eigenvalue weighted by atomic mass is 19.1. The summed E-state index contributed by atoms with van der Waals surface area (Å²) in [6.07, 6.45) is 0. The molecule has 3 unspecified atom stereocenters. The van der Waals surface area contributed by atoms with E-state index in [1.807, 2.05) is 18.2 Å². The number of hydrogen-bond donors (Lipinski definition) is 1. The molecule has 0 amide bonds. The van der Waals surface area contributed by atoms with E-state index in [2.05, 4.69) is 44.1 Å². The van der Waals surface area contributed by atoms with E-state index in [1.165, 1.54) is 6.07 Å². The SMILES string of the molecule is CC1c2cc(F)cc(F)c2CNc2ccccc2N(C)C(C)C1C. The van der Waals surface area contributed by atoms with Crippen LogP contribution in [-0.4, -0.2) is 13.1 Å². The predicted molar refractivity (Wildman–Crippen MR) is 95.6 cm³/mol. The van der Waals surface area contributed by atoms with Gasteiger partial charge in [-0.05, 0) is 42.5 Å². The largest absolute Gasteiger partial charge is 0.379 e. The molecule has 1 aliphatic rings. The van der Waals surface area contributed by atoms with Crippen molar-refractivity contribution < 1.29 is 8.78 Å². The summed E-state index contributed by atoms with van der Waals surface area (Å²) in [5, 5.41) is 3.33. The van der Waals surface area contributed by atoms with Gasteiger partial charge in [0.05, 0.1) is 11.4 Å². The first kappa shape index (κ1) is 16.7. The van der Waals surface area contributed by atoms with Gasteiger partial charge in [-0.2, -0.15) is 0 Å². The van der Waals surface area contributed by atoms with Crippen LogP contribution in [0.1, 0.15) is 37.8 Å². The molecule has 1 heterocycles. The van der Waals surface area contributed by atoms with Gasteiger partial charge in [-0.1, -0.05) is 26.0 Å². The maximum absolute atomic E-state index is 14.4. The van der Waals surface area contributed by atoms with Gasteiger partial charge in [0.2, 0.25) is 0 Å². The Balaban J connectivity index is 2.15. The van der Waals surface area contributed by atoms with Crippen molar-refractivity contribution in [1.29, 1.82) is 0 Å². The van der Waals surface area contributed by atoms with E-state index in [1.54, 1.807) is 0 Å². The molecule has 1 aliphatic heterocycles. The number of nitrogens with one attached hydrogen (secondary N) is 1. The van der Waals surface area contributed by atoms with Crippen LogP contribution in [0, 0.1) is 17.6 Å². The van der Waals surface area contributed by atoms with Crippen molar-refractivity contribution in [3.8, 4) is 0 Å². The lowest BCUT2D eigenvalue weighted by Gasteiger charge is -2.37. The molecule has 0 bridgehead atoms. The molecule has 24 heavy (non-hydrogen) atoms. The van der Waals surface area contributed by atoms with Crippen LogP contribution in [0.5, 0.6) is 0 Å². The van der Waals surface area contributed by atoms with Crippen LogP contribution in [0.15, 0.2) is 36.4 Å². The lowest BCUT2D eigenvalue weighted by molar-refractivity contribution is 0.399. The third kappa shape index (κ3) is 2.85. The Bertz CT molecular complexity index is 744. The zero-order valence-corrected chi connectivity index (χ0v) is 14.6. The Morgan fingerprint density at radius 1 is 1.08 bits per heavy atom. The van der Waals surface area contributed by atoms with Gasteiger partial charge in [-0.3, -0.25) is 0 Å². The smallest absolute Gasteiger partial charge is 0.131 e. The average molecular weight is 330 g/mol. The summed E-state index contributed by atoms with van der Waals surface area (Å²) in [4.78, 5) is 2.24. The molecule has 0 radical (unpaired) electrons. The van der Waals surface area contributed by atoms with E-state index >= 15 is 0 Å². The quantitative estimate of drug-likeness (QED) is 0.718. The summed E-state index contributed by atoms with van der Waals surface area (Å²) in [6.45, 7) is 6.71. The van der Waals surface area contributed by atoms with E-state index in [4.69, 9.17) is 0 Å². The fourth-order valence-corrected chi connectivity index (χ4v) is 3.60.